The van der Waals surface area contributed by atoms with Gasteiger partial charge in [-0.2, -0.15) is 12.7 Å². The lowest BCUT2D eigenvalue weighted by molar-refractivity contribution is -0.114. The number of carbonyl (C=O) groups excluding carboxylic acids is 1. The molecule has 1 aliphatic rings. The zero-order valence-corrected chi connectivity index (χ0v) is 12.6. The third-order valence-corrected chi connectivity index (χ3v) is 4.96. The molecule has 1 aliphatic carbocycles. The zero-order chi connectivity index (χ0) is 14.9. The van der Waals surface area contributed by atoms with Gasteiger partial charge in [0, 0.05) is 32.7 Å². The average molecular weight is 297 g/mol. The number of carbonyl (C=O) groups is 1. The predicted octanol–water partition coefficient (Wildman–Crippen LogP) is 1.42. The molecule has 7 heteroatoms. The molecule has 1 N–H and O–H groups in total. The number of rotatable bonds is 5. The average Bonchev–Trinajstić information content (AvgIpc) is 3.15. The van der Waals surface area contributed by atoms with Gasteiger partial charge in [0.2, 0.25) is 5.91 Å². The molecule has 0 saturated heterocycles. The summed E-state index contributed by atoms with van der Waals surface area (Å²) in [5, 5.41) is 2.66. The van der Waals surface area contributed by atoms with Gasteiger partial charge in [0.25, 0.3) is 0 Å². The van der Waals surface area contributed by atoms with Crippen LogP contribution in [0.2, 0.25) is 0 Å². The number of benzene rings is 1. The van der Waals surface area contributed by atoms with E-state index in [4.69, 9.17) is 0 Å². The topological polar surface area (TPSA) is 69.7 Å². The van der Waals surface area contributed by atoms with Crippen LogP contribution in [-0.2, 0) is 15.0 Å². The van der Waals surface area contributed by atoms with Crippen LogP contribution in [0.5, 0.6) is 0 Å². The summed E-state index contributed by atoms with van der Waals surface area (Å²) in [6.07, 6.45) is 1.75. The third kappa shape index (κ3) is 3.10. The van der Waals surface area contributed by atoms with Crippen molar-refractivity contribution in [3.63, 3.8) is 0 Å². The van der Waals surface area contributed by atoms with E-state index in [-0.39, 0.29) is 11.9 Å². The van der Waals surface area contributed by atoms with Gasteiger partial charge in [-0.25, -0.2) is 0 Å². The smallest absolute Gasteiger partial charge is 0.303 e. The first kappa shape index (κ1) is 14.8. The molecule has 0 radical (unpaired) electrons. The number of nitrogens with zero attached hydrogens (tertiary/aromatic N) is 2. The van der Waals surface area contributed by atoms with Crippen molar-refractivity contribution in [3.8, 4) is 0 Å². The molecule has 1 fully saturated rings. The Morgan fingerprint density at radius 2 is 1.75 bits per heavy atom. The molecule has 0 aliphatic heterocycles. The first-order valence-corrected chi connectivity index (χ1v) is 7.81. The van der Waals surface area contributed by atoms with E-state index in [0.717, 1.165) is 12.8 Å². The second-order valence-electron chi connectivity index (χ2n) is 5.05. The number of nitrogens with one attached hydrogen (secondary N) is 1. The fourth-order valence-corrected chi connectivity index (χ4v) is 3.24. The van der Waals surface area contributed by atoms with E-state index < -0.39 is 10.2 Å². The third-order valence-electron chi connectivity index (χ3n) is 3.03. The first-order valence-electron chi connectivity index (χ1n) is 6.42. The van der Waals surface area contributed by atoms with Crippen molar-refractivity contribution in [2.24, 2.45) is 0 Å². The molecule has 2 rings (SSSR count). The highest BCUT2D eigenvalue weighted by atomic mass is 32.2. The van der Waals surface area contributed by atoms with E-state index in [1.807, 2.05) is 0 Å². The Labute approximate surface area is 119 Å². The summed E-state index contributed by atoms with van der Waals surface area (Å²) < 4.78 is 27.4. The van der Waals surface area contributed by atoms with Gasteiger partial charge in [0.1, 0.15) is 0 Å². The first-order chi connectivity index (χ1) is 9.32. The molecule has 1 amide bonds. The Morgan fingerprint density at radius 3 is 2.15 bits per heavy atom. The van der Waals surface area contributed by atoms with Crippen molar-refractivity contribution >= 4 is 27.5 Å². The van der Waals surface area contributed by atoms with Gasteiger partial charge in [0.15, 0.2) is 0 Å². The molecule has 6 nitrogen and oxygen atoms in total. The summed E-state index contributed by atoms with van der Waals surface area (Å²) in [5.41, 5.74) is 1.27. The SMILES string of the molecule is CC(=O)Nc1ccc(N(C2CC2)S(=O)(=O)N(C)C)cc1. The Morgan fingerprint density at radius 1 is 1.20 bits per heavy atom. The summed E-state index contributed by atoms with van der Waals surface area (Å²) in [6, 6.07) is 6.87. The van der Waals surface area contributed by atoms with E-state index in [0.29, 0.717) is 11.4 Å². The van der Waals surface area contributed by atoms with E-state index in [9.17, 15) is 13.2 Å². The van der Waals surface area contributed by atoms with E-state index in [1.165, 1.54) is 29.6 Å². The van der Waals surface area contributed by atoms with Gasteiger partial charge in [-0.15, -0.1) is 0 Å². The lowest BCUT2D eigenvalue weighted by Crippen LogP contribution is -2.41. The number of amides is 1. The van der Waals surface area contributed by atoms with Crippen molar-refractivity contribution in [2.75, 3.05) is 23.7 Å². The Bertz CT molecular complexity index is 592. The molecular weight excluding hydrogens is 278 g/mol. The van der Waals surface area contributed by atoms with Crippen LogP contribution in [0.4, 0.5) is 11.4 Å². The van der Waals surface area contributed by atoms with Gasteiger partial charge in [0.05, 0.1) is 5.69 Å². The molecule has 1 saturated carbocycles. The summed E-state index contributed by atoms with van der Waals surface area (Å²) >= 11 is 0. The lowest BCUT2D eigenvalue weighted by Gasteiger charge is -2.27. The minimum Gasteiger partial charge on any atom is -0.326 e. The van der Waals surface area contributed by atoms with Crippen LogP contribution in [0.15, 0.2) is 24.3 Å². The lowest BCUT2D eigenvalue weighted by atomic mass is 10.2. The van der Waals surface area contributed by atoms with Gasteiger partial charge in [-0.1, -0.05) is 0 Å². The highest BCUT2D eigenvalue weighted by Gasteiger charge is 2.38. The summed E-state index contributed by atoms with van der Waals surface area (Å²) in [6.45, 7) is 1.43. The summed E-state index contributed by atoms with van der Waals surface area (Å²) in [5.74, 6) is -0.155. The highest BCUT2D eigenvalue weighted by Crippen LogP contribution is 2.35. The van der Waals surface area contributed by atoms with E-state index in [1.54, 1.807) is 24.3 Å². The Balaban J connectivity index is 2.29. The molecule has 1 aromatic carbocycles. The number of hydrogen-bond donors (Lipinski definition) is 1. The largest absolute Gasteiger partial charge is 0.326 e. The second kappa shape index (κ2) is 5.41. The van der Waals surface area contributed by atoms with Crippen molar-refractivity contribution in [1.29, 1.82) is 0 Å². The number of anilines is 2. The molecule has 0 unspecified atom stereocenters. The van der Waals surface area contributed by atoms with Gasteiger partial charge in [-0.3, -0.25) is 9.10 Å². The maximum atomic E-state index is 12.4. The van der Waals surface area contributed by atoms with Gasteiger partial charge < -0.3 is 5.32 Å². The van der Waals surface area contributed by atoms with Crippen molar-refractivity contribution in [1.82, 2.24) is 4.31 Å². The molecule has 20 heavy (non-hydrogen) atoms. The van der Waals surface area contributed by atoms with Crippen LogP contribution >= 0.6 is 0 Å². The highest BCUT2D eigenvalue weighted by molar-refractivity contribution is 7.90. The van der Waals surface area contributed by atoms with E-state index in [2.05, 4.69) is 5.32 Å². The fourth-order valence-electron chi connectivity index (χ4n) is 1.91. The summed E-state index contributed by atoms with van der Waals surface area (Å²) in [7, 11) is -0.437. The standard InChI is InChI=1S/C13H19N3O3S/c1-10(17)14-11-4-6-12(7-5-11)16(13-8-9-13)20(18,19)15(2)3/h4-7,13H,8-9H2,1-3H3,(H,14,17). The quantitative estimate of drug-likeness (QED) is 0.893. The Kier molecular flexibility index (Phi) is 4.01. The van der Waals surface area contributed by atoms with Crippen LogP contribution in [0, 0.1) is 0 Å². The van der Waals surface area contributed by atoms with Crippen molar-refractivity contribution < 1.29 is 13.2 Å². The van der Waals surface area contributed by atoms with Gasteiger partial charge in [-0.05, 0) is 37.1 Å². The maximum Gasteiger partial charge on any atom is 0.303 e. The maximum absolute atomic E-state index is 12.4. The molecule has 0 heterocycles. The van der Waals surface area contributed by atoms with Gasteiger partial charge >= 0.3 is 10.2 Å². The molecule has 0 bridgehead atoms. The van der Waals surface area contributed by atoms with Crippen LogP contribution in [0.1, 0.15) is 19.8 Å². The molecular formula is C13H19N3O3S. The van der Waals surface area contributed by atoms with Crippen molar-refractivity contribution in [3.05, 3.63) is 24.3 Å². The normalized spacial score (nSPS) is 15.2. The second-order valence-corrected chi connectivity index (χ2v) is 7.06. The predicted molar refractivity (Wildman–Crippen MR) is 78.9 cm³/mol. The molecule has 0 aromatic heterocycles. The van der Waals surface area contributed by atoms with E-state index >= 15 is 0 Å². The molecule has 110 valence electrons. The van der Waals surface area contributed by atoms with Crippen LogP contribution in [0.25, 0.3) is 0 Å². The Hall–Kier alpha value is -1.60. The van der Waals surface area contributed by atoms with Crippen molar-refractivity contribution in [2.45, 2.75) is 25.8 Å². The minimum absolute atomic E-state index is 0.0361. The summed E-state index contributed by atoms with van der Waals surface area (Å²) in [4.78, 5) is 11.0. The van der Waals surface area contributed by atoms with Crippen LogP contribution < -0.4 is 9.62 Å². The molecule has 1 aromatic rings. The minimum atomic E-state index is -3.49. The molecule has 0 atom stereocenters. The molecule has 0 spiro atoms. The zero-order valence-electron chi connectivity index (χ0n) is 11.8. The monoisotopic (exact) mass is 297 g/mol. The fraction of sp³-hybridized carbons (Fsp3) is 0.462. The van der Waals surface area contributed by atoms with Crippen LogP contribution in [-0.4, -0.2) is 38.8 Å². The van der Waals surface area contributed by atoms with Crippen LogP contribution in [0.3, 0.4) is 0 Å². The number of hydrogen-bond acceptors (Lipinski definition) is 3.